The average Bonchev–Trinajstić information content (AvgIpc) is 2.81. The zero-order valence-electron chi connectivity index (χ0n) is 14.7. The largest absolute Gasteiger partial charge is 0.444 e. The molecule has 1 N–H and O–H groups in total. The number of hydrogen-bond acceptors (Lipinski definition) is 5. The van der Waals surface area contributed by atoms with E-state index < -0.39 is 5.60 Å². The van der Waals surface area contributed by atoms with Crippen LogP contribution in [0.5, 0.6) is 0 Å². The van der Waals surface area contributed by atoms with Crippen molar-refractivity contribution in [2.24, 2.45) is 0 Å². The minimum absolute atomic E-state index is 0.200. The third-order valence-corrected chi connectivity index (χ3v) is 3.83. The predicted molar refractivity (Wildman–Crippen MR) is 88.1 cm³/mol. The highest BCUT2D eigenvalue weighted by Gasteiger charge is 2.25. The van der Waals surface area contributed by atoms with Gasteiger partial charge in [-0.3, -0.25) is 4.68 Å². The van der Waals surface area contributed by atoms with Gasteiger partial charge in [0.15, 0.2) is 0 Å². The van der Waals surface area contributed by atoms with Gasteiger partial charge in [-0.15, -0.1) is 0 Å². The molecule has 0 saturated carbocycles. The molecular weight excluding hydrogens is 294 g/mol. The van der Waals surface area contributed by atoms with Gasteiger partial charge in [0, 0.05) is 25.2 Å². The van der Waals surface area contributed by atoms with E-state index in [0.717, 1.165) is 38.9 Å². The molecule has 1 aromatic heterocycles. The second-order valence-corrected chi connectivity index (χ2v) is 7.28. The Hall–Kier alpha value is -1.63. The molecule has 0 aliphatic carbocycles. The number of aromatic nitrogens is 3. The molecule has 130 valence electrons. The van der Waals surface area contributed by atoms with Gasteiger partial charge >= 0.3 is 6.09 Å². The van der Waals surface area contributed by atoms with Crippen LogP contribution >= 0.6 is 0 Å². The molecular formula is C16H29N5O2. The van der Waals surface area contributed by atoms with E-state index >= 15 is 0 Å². The van der Waals surface area contributed by atoms with Gasteiger partial charge in [0.25, 0.3) is 0 Å². The van der Waals surface area contributed by atoms with Crippen molar-refractivity contribution in [1.82, 2.24) is 25.0 Å². The van der Waals surface area contributed by atoms with Crippen molar-refractivity contribution >= 4 is 6.09 Å². The number of likely N-dealkylation sites (tertiary alicyclic amines) is 1. The number of hydrogen-bond donors (Lipinski definition) is 1. The fraction of sp³-hybridized carbons (Fsp3) is 0.812. The van der Waals surface area contributed by atoms with Gasteiger partial charge in [-0.1, -0.05) is 0 Å². The lowest BCUT2D eigenvalue weighted by Crippen LogP contribution is -2.40. The first-order valence-corrected chi connectivity index (χ1v) is 8.40. The number of amides is 1. The Morgan fingerprint density at radius 2 is 2.17 bits per heavy atom. The zero-order chi connectivity index (χ0) is 16.9. The van der Waals surface area contributed by atoms with E-state index in [-0.39, 0.29) is 6.09 Å². The number of rotatable bonds is 4. The van der Waals surface area contributed by atoms with Crippen molar-refractivity contribution in [3.8, 4) is 0 Å². The molecule has 0 spiro atoms. The molecule has 7 heteroatoms. The van der Waals surface area contributed by atoms with E-state index in [1.54, 1.807) is 12.7 Å². The van der Waals surface area contributed by atoms with Crippen LogP contribution in [-0.2, 0) is 11.3 Å². The highest BCUT2D eigenvalue weighted by molar-refractivity contribution is 5.68. The Morgan fingerprint density at radius 3 is 2.83 bits per heavy atom. The van der Waals surface area contributed by atoms with Crippen LogP contribution in [0.15, 0.2) is 12.7 Å². The summed E-state index contributed by atoms with van der Waals surface area (Å²) in [5.74, 6) is 0. The van der Waals surface area contributed by atoms with Crippen molar-refractivity contribution in [3.05, 3.63) is 12.7 Å². The first-order chi connectivity index (χ1) is 10.8. The Kier molecular flexibility index (Phi) is 5.98. The summed E-state index contributed by atoms with van der Waals surface area (Å²) in [5, 5.41) is 7.77. The summed E-state index contributed by atoms with van der Waals surface area (Å²) in [5.41, 5.74) is -0.437. The molecule has 1 aliphatic rings. The molecule has 1 amide bonds. The van der Waals surface area contributed by atoms with E-state index in [4.69, 9.17) is 4.74 Å². The van der Waals surface area contributed by atoms with Gasteiger partial charge in [-0.2, -0.15) is 5.10 Å². The molecule has 1 saturated heterocycles. The topological polar surface area (TPSA) is 72.3 Å². The summed E-state index contributed by atoms with van der Waals surface area (Å²) in [6.45, 7) is 10.2. The summed E-state index contributed by atoms with van der Waals surface area (Å²) in [7, 11) is 0. The summed E-state index contributed by atoms with van der Waals surface area (Å²) < 4.78 is 7.30. The fourth-order valence-corrected chi connectivity index (χ4v) is 2.83. The summed E-state index contributed by atoms with van der Waals surface area (Å²) >= 11 is 0. The zero-order valence-corrected chi connectivity index (χ0v) is 14.7. The van der Waals surface area contributed by atoms with Crippen molar-refractivity contribution in [2.45, 2.75) is 71.2 Å². The highest BCUT2D eigenvalue weighted by Crippen LogP contribution is 2.16. The Labute approximate surface area is 138 Å². The van der Waals surface area contributed by atoms with Crippen LogP contribution in [0.1, 0.15) is 47.0 Å². The minimum Gasteiger partial charge on any atom is -0.444 e. The maximum absolute atomic E-state index is 12.2. The normalized spacial score (nSPS) is 20.9. The predicted octanol–water partition coefficient (Wildman–Crippen LogP) is 2.05. The van der Waals surface area contributed by atoms with Crippen LogP contribution in [-0.4, -0.2) is 56.5 Å². The molecule has 0 aromatic carbocycles. The highest BCUT2D eigenvalue weighted by atomic mass is 16.6. The third-order valence-electron chi connectivity index (χ3n) is 3.83. The Morgan fingerprint density at radius 1 is 1.39 bits per heavy atom. The van der Waals surface area contributed by atoms with Gasteiger partial charge in [0.1, 0.15) is 18.3 Å². The quantitative estimate of drug-likeness (QED) is 0.918. The summed E-state index contributed by atoms with van der Waals surface area (Å²) in [6, 6.07) is 0.732. The second kappa shape index (κ2) is 7.77. The molecule has 0 bridgehead atoms. The van der Waals surface area contributed by atoms with Crippen LogP contribution in [0.2, 0.25) is 0 Å². The lowest BCUT2D eigenvalue weighted by Gasteiger charge is -2.26. The van der Waals surface area contributed by atoms with Crippen LogP contribution < -0.4 is 5.32 Å². The summed E-state index contributed by atoms with van der Waals surface area (Å²) in [6.07, 6.45) is 6.09. The molecule has 1 fully saturated rings. The molecule has 0 unspecified atom stereocenters. The number of carbonyl (C=O) groups is 1. The van der Waals surface area contributed by atoms with E-state index in [0.29, 0.717) is 12.1 Å². The number of carbonyl (C=O) groups excluding carboxylic acids is 1. The molecule has 23 heavy (non-hydrogen) atoms. The molecule has 1 aromatic rings. The van der Waals surface area contributed by atoms with Crippen LogP contribution in [0.4, 0.5) is 4.79 Å². The molecule has 2 rings (SSSR count). The van der Waals surface area contributed by atoms with E-state index in [1.807, 2.05) is 30.4 Å². The van der Waals surface area contributed by atoms with E-state index in [9.17, 15) is 4.79 Å². The van der Waals surface area contributed by atoms with Crippen molar-refractivity contribution in [2.75, 3.05) is 13.1 Å². The standard InChI is InChI=1S/C16H29N5O2/c1-13(10-21-12-17-11-18-21)19-14-6-5-8-20(9-7-14)15(22)23-16(2,3)4/h11-14,19H,5-10H2,1-4H3/t13-,14+/m0/s1. The van der Waals surface area contributed by atoms with Gasteiger partial charge in [-0.25, -0.2) is 9.78 Å². The number of nitrogens with one attached hydrogen (secondary N) is 1. The molecule has 0 radical (unpaired) electrons. The molecule has 1 aliphatic heterocycles. The minimum atomic E-state index is -0.437. The van der Waals surface area contributed by atoms with Crippen molar-refractivity contribution in [3.63, 3.8) is 0 Å². The first kappa shape index (κ1) is 17.7. The third kappa shape index (κ3) is 6.17. The monoisotopic (exact) mass is 323 g/mol. The maximum atomic E-state index is 12.2. The van der Waals surface area contributed by atoms with Gasteiger partial charge in [0.05, 0.1) is 6.54 Å². The van der Waals surface area contributed by atoms with Gasteiger partial charge < -0.3 is 15.0 Å². The van der Waals surface area contributed by atoms with Gasteiger partial charge in [-0.05, 0) is 47.0 Å². The molecule has 7 nitrogen and oxygen atoms in total. The fourth-order valence-electron chi connectivity index (χ4n) is 2.83. The van der Waals surface area contributed by atoms with Crippen molar-refractivity contribution in [1.29, 1.82) is 0 Å². The lowest BCUT2D eigenvalue weighted by molar-refractivity contribution is 0.0256. The number of nitrogens with zero attached hydrogens (tertiary/aromatic N) is 4. The average molecular weight is 323 g/mol. The molecule has 2 atom stereocenters. The smallest absolute Gasteiger partial charge is 0.410 e. The SMILES string of the molecule is C[C@@H](Cn1cncn1)N[C@@H]1CCCN(C(=O)OC(C)(C)C)CC1. The summed E-state index contributed by atoms with van der Waals surface area (Å²) in [4.78, 5) is 18.0. The van der Waals surface area contributed by atoms with Gasteiger partial charge in [0.2, 0.25) is 0 Å². The maximum Gasteiger partial charge on any atom is 0.410 e. The Bertz CT molecular complexity index is 483. The first-order valence-electron chi connectivity index (χ1n) is 8.40. The van der Waals surface area contributed by atoms with Crippen LogP contribution in [0.3, 0.4) is 0 Å². The van der Waals surface area contributed by atoms with E-state index in [1.165, 1.54) is 0 Å². The second-order valence-electron chi connectivity index (χ2n) is 7.28. The van der Waals surface area contributed by atoms with E-state index in [2.05, 4.69) is 22.3 Å². The van der Waals surface area contributed by atoms with Crippen LogP contribution in [0.25, 0.3) is 0 Å². The number of ether oxygens (including phenoxy) is 1. The lowest BCUT2D eigenvalue weighted by atomic mass is 10.1. The molecule has 2 heterocycles. The Balaban J connectivity index is 1.78. The van der Waals surface area contributed by atoms with Crippen molar-refractivity contribution < 1.29 is 9.53 Å². The van der Waals surface area contributed by atoms with Crippen LogP contribution in [0, 0.1) is 0 Å².